The highest BCUT2D eigenvalue weighted by molar-refractivity contribution is 7.85. The lowest BCUT2D eigenvalue weighted by Gasteiger charge is -2.28. The fourth-order valence-corrected chi connectivity index (χ4v) is 3.82. The largest absolute Gasteiger partial charge is 0.486 e. The number of benzene rings is 2. The Hall–Kier alpha value is -3.24. The van der Waals surface area contributed by atoms with Crippen LogP contribution in [0.3, 0.4) is 0 Å². The molecule has 1 heterocycles. The molecule has 152 valence electrons. The number of fused-ring (bicyclic) bond motifs is 1. The van der Waals surface area contributed by atoms with Gasteiger partial charge in [0, 0.05) is 12.5 Å². The maximum absolute atomic E-state index is 11.7. The minimum Gasteiger partial charge on any atom is -0.486 e. The Bertz CT molecular complexity index is 1110. The SMILES string of the molecule is Cc1ccc(S(=O)(=O)O)c(C[C@@H]2COc3ccc([N+](=O)[O-])c(/C=C/C=O)c3O2)c1. The Labute approximate surface area is 166 Å². The lowest BCUT2D eigenvalue weighted by molar-refractivity contribution is -0.385. The van der Waals surface area contributed by atoms with Crippen LogP contribution in [-0.4, -0.2) is 36.9 Å². The summed E-state index contributed by atoms with van der Waals surface area (Å²) in [5, 5.41) is 11.3. The van der Waals surface area contributed by atoms with Crippen LogP contribution in [-0.2, 0) is 21.3 Å². The Morgan fingerprint density at radius 1 is 1.31 bits per heavy atom. The summed E-state index contributed by atoms with van der Waals surface area (Å²) in [5.41, 5.74) is 0.929. The van der Waals surface area contributed by atoms with E-state index in [-0.39, 0.29) is 40.7 Å². The summed E-state index contributed by atoms with van der Waals surface area (Å²) in [6, 6.07) is 7.14. The first kappa shape index (κ1) is 20.5. The van der Waals surface area contributed by atoms with Gasteiger partial charge in [-0.25, -0.2) is 0 Å². The average Bonchev–Trinajstić information content (AvgIpc) is 2.64. The number of hydrogen-bond acceptors (Lipinski definition) is 7. The third-order valence-corrected chi connectivity index (χ3v) is 5.28. The third-order valence-electron chi connectivity index (χ3n) is 4.33. The standard InChI is InChI=1S/C19H17NO8S/c1-12-4-7-18(29(24,25)26)13(9-12)10-14-11-27-17-6-5-16(20(22)23)15(3-2-8-21)19(17)28-14/h2-9,14H,10-11H2,1H3,(H,24,25,26)/b3-2+/t14-/m1/s1. The zero-order chi connectivity index (χ0) is 21.2. The minimum absolute atomic E-state index is 0.0699. The first-order chi connectivity index (χ1) is 13.7. The number of rotatable bonds is 6. The molecule has 0 fully saturated rings. The molecule has 0 amide bonds. The van der Waals surface area contributed by atoms with Gasteiger partial charge in [0.15, 0.2) is 11.5 Å². The molecule has 2 aromatic rings. The van der Waals surface area contributed by atoms with Gasteiger partial charge < -0.3 is 9.47 Å². The predicted molar refractivity (Wildman–Crippen MR) is 103 cm³/mol. The zero-order valence-corrected chi connectivity index (χ0v) is 16.1. The van der Waals surface area contributed by atoms with Crippen LogP contribution in [0.2, 0.25) is 0 Å². The molecule has 1 aliphatic rings. The molecule has 0 saturated carbocycles. The van der Waals surface area contributed by atoms with Crippen LogP contribution in [0.25, 0.3) is 6.08 Å². The minimum atomic E-state index is -4.44. The number of nitro groups is 1. The fourth-order valence-electron chi connectivity index (χ4n) is 3.11. The van der Waals surface area contributed by atoms with Crippen LogP contribution in [0.5, 0.6) is 11.5 Å². The molecule has 0 aromatic heterocycles. The van der Waals surface area contributed by atoms with E-state index in [1.54, 1.807) is 19.1 Å². The van der Waals surface area contributed by atoms with E-state index in [0.29, 0.717) is 11.8 Å². The highest BCUT2D eigenvalue weighted by Crippen LogP contribution is 2.41. The Morgan fingerprint density at radius 2 is 2.07 bits per heavy atom. The zero-order valence-electron chi connectivity index (χ0n) is 15.3. The highest BCUT2D eigenvalue weighted by Gasteiger charge is 2.29. The molecule has 1 N–H and O–H groups in total. The maximum Gasteiger partial charge on any atom is 0.294 e. The number of hydrogen-bond donors (Lipinski definition) is 1. The second-order valence-electron chi connectivity index (χ2n) is 6.42. The summed E-state index contributed by atoms with van der Waals surface area (Å²) in [5.74, 6) is 0.367. The van der Waals surface area contributed by atoms with Crippen molar-refractivity contribution in [2.45, 2.75) is 24.3 Å². The lowest BCUT2D eigenvalue weighted by Crippen LogP contribution is -2.32. The Morgan fingerprint density at radius 3 is 2.72 bits per heavy atom. The highest BCUT2D eigenvalue weighted by atomic mass is 32.2. The van der Waals surface area contributed by atoms with Gasteiger partial charge in [-0.15, -0.1) is 0 Å². The molecule has 9 nitrogen and oxygen atoms in total. The summed E-state index contributed by atoms with van der Waals surface area (Å²) in [4.78, 5) is 21.2. The van der Waals surface area contributed by atoms with Gasteiger partial charge in [-0.3, -0.25) is 19.5 Å². The fraction of sp³-hybridized carbons (Fsp3) is 0.211. The van der Waals surface area contributed by atoms with Crippen LogP contribution < -0.4 is 9.47 Å². The van der Waals surface area contributed by atoms with Gasteiger partial charge in [-0.2, -0.15) is 8.42 Å². The first-order valence-corrected chi connectivity index (χ1v) is 9.94. The van der Waals surface area contributed by atoms with Crippen LogP contribution in [0.1, 0.15) is 16.7 Å². The number of nitrogens with zero attached hydrogens (tertiary/aromatic N) is 1. The van der Waals surface area contributed by atoms with Crippen molar-refractivity contribution in [2.75, 3.05) is 6.61 Å². The molecule has 1 atom stereocenters. The monoisotopic (exact) mass is 419 g/mol. The number of carbonyl (C=O) groups is 1. The predicted octanol–water partition coefficient (Wildman–Crippen LogP) is 2.74. The molecular formula is C19H17NO8S. The summed E-state index contributed by atoms with van der Waals surface area (Å²) < 4.78 is 44.3. The van der Waals surface area contributed by atoms with Crippen molar-refractivity contribution in [3.8, 4) is 11.5 Å². The van der Waals surface area contributed by atoms with E-state index in [1.807, 2.05) is 0 Å². The van der Waals surface area contributed by atoms with E-state index >= 15 is 0 Å². The van der Waals surface area contributed by atoms with Gasteiger partial charge in [-0.1, -0.05) is 17.7 Å². The van der Waals surface area contributed by atoms with Crippen molar-refractivity contribution in [1.82, 2.24) is 0 Å². The van der Waals surface area contributed by atoms with Gasteiger partial charge in [0.05, 0.1) is 15.4 Å². The third kappa shape index (κ3) is 4.44. The second-order valence-corrected chi connectivity index (χ2v) is 7.81. The molecule has 3 rings (SSSR count). The van der Waals surface area contributed by atoms with Crippen molar-refractivity contribution in [2.24, 2.45) is 0 Å². The smallest absolute Gasteiger partial charge is 0.294 e. The molecule has 0 spiro atoms. The molecule has 0 unspecified atom stereocenters. The van der Waals surface area contributed by atoms with Crippen LogP contribution in [0, 0.1) is 17.0 Å². The number of allylic oxidation sites excluding steroid dienone is 1. The van der Waals surface area contributed by atoms with Crippen molar-refractivity contribution in [1.29, 1.82) is 0 Å². The van der Waals surface area contributed by atoms with Crippen molar-refractivity contribution in [3.63, 3.8) is 0 Å². The van der Waals surface area contributed by atoms with Gasteiger partial charge >= 0.3 is 0 Å². The number of nitro benzene ring substituents is 1. The molecule has 0 aliphatic carbocycles. The second kappa shape index (κ2) is 8.02. The maximum atomic E-state index is 11.7. The van der Waals surface area contributed by atoms with E-state index in [2.05, 4.69) is 0 Å². The van der Waals surface area contributed by atoms with E-state index < -0.39 is 21.1 Å². The van der Waals surface area contributed by atoms with E-state index in [0.717, 1.165) is 11.6 Å². The summed E-state index contributed by atoms with van der Waals surface area (Å²) in [7, 11) is -4.44. The number of aryl methyl sites for hydroxylation is 1. The topological polar surface area (TPSA) is 133 Å². The summed E-state index contributed by atoms with van der Waals surface area (Å²) in [6.45, 7) is 1.84. The molecule has 10 heteroatoms. The van der Waals surface area contributed by atoms with Gasteiger partial charge in [-0.05, 0) is 36.8 Å². The van der Waals surface area contributed by atoms with Gasteiger partial charge in [0.25, 0.3) is 15.8 Å². The first-order valence-electron chi connectivity index (χ1n) is 8.50. The summed E-state index contributed by atoms with van der Waals surface area (Å²) >= 11 is 0. The summed E-state index contributed by atoms with van der Waals surface area (Å²) in [6.07, 6.45) is 2.25. The molecule has 0 radical (unpaired) electrons. The number of ether oxygens (including phenoxy) is 2. The number of carbonyl (C=O) groups excluding carboxylic acids is 1. The number of aldehydes is 1. The van der Waals surface area contributed by atoms with Crippen LogP contribution >= 0.6 is 0 Å². The molecule has 29 heavy (non-hydrogen) atoms. The van der Waals surface area contributed by atoms with E-state index in [4.69, 9.17) is 9.47 Å². The quantitative estimate of drug-likeness (QED) is 0.248. The average molecular weight is 419 g/mol. The van der Waals surface area contributed by atoms with Gasteiger partial charge in [0.1, 0.15) is 19.0 Å². The molecular weight excluding hydrogens is 402 g/mol. The Balaban J connectivity index is 1.99. The molecule has 0 saturated heterocycles. The van der Waals surface area contributed by atoms with Gasteiger partial charge in [0.2, 0.25) is 0 Å². The normalized spacial score (nSPS) is 16.0. The Kier molecular flexibility index (Phi) is 5.66. The van der Waals surface area contributed by atoms with E-state index in [9.17, 15) is 27.9 Å². The van der Waals surface area contributed by atoms with Crippen LogP contribution in [0.4, 0.5) is 5.69 Å². The van der Waals surface area contributed by atoms with Crippen molar-refractivity contribution >= 4 is 28.2 Å². The van der Waals surface area contributed by atoms with E-state index in [1.165, 1.54) is 24.3 Å². The molecule has 0 bridgehead atoms. The lowest BCUT2D eigenvalue weighted by atomic mass is 10.0. The van der Waals surface area contributed by atoms with Crippen LogP contribution in [0.15, 0.2) is 41.3 Å². The molecule has 1 aliphatic heterocycles. The van der Waals surface area contributed by atoms with Crippen molar-refractivity contribution in [3.05, 3.63) is 63.2 Å². The molecule has 2 aromatic carbocycles. The van der Waals surface area contributed by atoms with Crippen molar-refractivity contribution < 1.29 is 32.2 Å².